The standard InChI is InChI=1S/C78H140NO8P/c1-6-8-10-12-14-16-18-20-22-24-26-28-30-32-33-34-35-36-37-38-39-40-41-42-43-44-45-47-49-51-53-55-57-59-61-63-65-67-69-71-78(81)87-76(75-86-88(82,83)85-73-72-79(3,4)5)74-84-77(80)70-68-66-64-62-60-58-56-54-52-50-48-46-31-29-27-25-23-21-19-17-15-13-11-9-7-2/h8-11,14-17,20-23,26-29,76H,6-7,12-13,18-19,24-25,30-75H2,1-5H3/p+1/b10-8-,11-9-,16-14-,17-15-,22-20-,23-21-,28-26-,29-27-. The monoisotopic (exact) mass is 1250 g/mol. The molecule has 0 aromatic carbocycles. The maximum absolute atomic E-state index is 12.9. The highest BCUT2D eigenvalue weighted by Crippen LogP contribution is 2.43. The van der Waals surface area contributed by atoms with Crippen LogP contribution in [0.3, 0.4) is 0 Å². The van der Waals surface area contributed by atoms with Gasteiger partial charge >= 0.3 is 19.8 Å². The molecule has 88 heavy (non-hydrogen) atoms. The van der Waals surface area contributed by atoms with Crippen molar-refractivity contribution in [2.24, 2.45) is 0 Å². The van der Waals surface area contributed by atoms with E-state index in [2.05, 4.69) is 111 Å². The zero-order chi connectivity index (χ0) is 64.1. The van der Waals surface area contributed by atoms with Crippen molar-refractivity contribution < 1.29 is 42.1 Å². The van der Waals surface area contributed by atoms with Gasteiger partial charge in [0.25, 0.3) is 0 Å². The molecular formula is C78H141NO8P+. The maximum Gasteiger partial charge on any atom is 0.472 e. The van der Waals surface area contributed by atoms with Crippen LogP contribution in [-0.2, 0) is 32.7 Å². The fraction of sp³-hybridized carbons (Fsp3) is 0.769. The van der Waals surface area contributed by atoms with Gasteiger partial charge < -0.3 is 18.9 Å². The minimum atomic E-state index is -4.40. The first-order chi connectivity index (χ1) is 43.0. The van der Waals surface area contributed by atoms with Crippen molar-refractivity contribution in [1.82, 2.24) is 0 Å². The van der Waals surface area contributed by atoms with Gasteiger partial charge in [0.15, 0.2) is 6.10 Å². The molecular weight excluding hydrogens is 1110 g/mol. The zero-order valence-corrected chi connectivity index (χ0v) is 59.1. The summed E-state index contributed by atoms with van der Waals surface area (Å²) in [7, 11) is 1.48. The number of nitrogens with zero attached hydrogens (tertiary/aromatic N) is 1. The van der Waals surface area contributed by atoms with Gasteiger partial charge in [-0.25, -0.2) is 4.57 Å². The van der Waals surface area contributed by atoms with E-state index in [1.807, 2.05) is 21.1 Å². The van der Waals surface area contributed by atoms with Gasteiger partial charge in [-0.2, -0.15) is 0 Å². The predicted octanol–water partition coefficient (Wildman–Crippen LogP) is 24.3. The van der Waals surface area contributed by atoms with Crippen LogP contribution in [0.15, 0.2) is 97.2 Å². The molecule has 2 atom stereocenters. The minimum absolute atomic E-state index is 0.0305. The van der Waals surface area contributed by atoms with E-state index in [1.165, 1.54) is 218 Å². The Hall–Kier alpha value is -3.07. The van der Waals surface area contributed by atoms with Gasteiger partial charge in [0.2, 0.25) is 0 Å². The van der Waals surface area contributed by atoms with Gasteiger partial charge in [0.1, 0.15) is 19.8 Å². The van der Waals surface area contributed by atoms with E-state index in [4.69, 9.17) is 18.5 Å². The summed E-state index contributed by atoms with van der Waals surface area (Å²) in [5, 5.41) is 0. The Kier molecular flexibility index (Phi) is 65.9. The molecule has 0 aliphatic carbocycles. The summed E-state index contributed by atoms with van der Waals surface area (Å²) in [5.41, 5.74) is 0. The molecule has 0 aromatic heterocycles. The largest absolute Gasteiger partial charge is 0.472 e. The van der Waals surface area contributed by atoms with Gasteiger partial charge in [0, 0.05) is 12.8 Å². The van der Waals surface area contributed by atoms with E-state index in [0.717, 1.165) is 83.5 Å². The number of rotatable bonds is 68. The molecule has 0 amide bonds. The summed E-state index contributed by atoms with van der Waals surface area (Å²) in [4.78, 5) is 35.9. The quantitative estimate of drug-likeness (QED) is 0.0211. The Morgan fingerprint density at radius 2 is 0.614 bits per heavy atom. The molecule has 0 fully saturated rings. The molecule has 0 radical (unpaired) electrons. The Bertz CT molecular complexity index is 1810. The average molecular weight is 1250 g/mol. The van der Waals surface area contributed by atoms with Crippen LogP contribution in [0.1, 0.15) is 335 Å². The molecule has 0 aromatic rings. The molecule has 0 bridgehead atoms. The number of phosphoric acid groups is 1. The van der Waals surface area contributed by atoms with E-state index in [-0.39, 0.29) is 32.0 Å². The normalized spacial score (nSPS) is 13.7. The molecule has 510 valence electrons. The molecule has 2 unspecified atom stereocenters. The Balaban J connectivity index is 3.94. The summed E-state index contributed by atoms with van der Waals surface area (Å²) >= 11 is 0. The van der Waals surface area contributed by atoms with Gasteiger partial charge in [-0.05, 0) is 89.9 Å². The summed E-state index contributed by atoms with van der Waals surface area (Å²) in [5.74, 6) is -0.787. The maximum atomic E-state index is 12.9. The highest BCUT2D eigenvalue weighted by molar-refractivity contribution is 7.47. The molecule has 0 spiro atoms. The average Bonchev–Trinajstić information content (AvgIpc) is 3.68. The highest BCUT2D eigenvalue weighted by Gasteiger charge is 2.27. The van der Waals surface area contributed by atoms with Crippen molar-refractivity contribution in [3.05, 3.63) is 97.2 Å². The van der Waals surface area contributed by atoms with E-state index in [1.54, 1.807) is 0 Å². The molecule has 1 N–H and O–H groups in total. The number of carbonyl (C=O) groups excluding carboxylic acids is 2. The molecule has 0 aliphatic rings. The zero-order valence-electron chi connectivity index (χ0n) is 58.2. The number of quaternary nitrogens is 1. The Morgan fingerprint density at radius 3 is 0.909 bits per heavy atom. The Morgan fingerprint density at radius 1 is 0.352 bits per heavy atom. The van der Waals surface area contributed by atoms with Crippen molar-refractivity contribution in [3.63, 3.8) is 0 Å². The number of likely N-dealkylation sites (N-methyl/N-ethyl adjacent to an activating group) is 1. The van der Waals surface area contributed by atoms with E-state index in [9.17, 15) is 19.0 Å². The molecule has 0 heterocycles. The lowest BCUT2D eigenvalue weighted by Crippen LogP contribution is -2.37. The molecule has 0 rings (SSSR count). The number of ether oxygens (including phenoxy) is 2. The van der Waals surface area contributed by atoms with Gasteiger partial charge in [0.05, 0.1) is 27.7 Å². The van der Waals surface area contributed by atoms with Gasteiger partial charge in [-0.3, -0.25) is 18.6 Å². The molecule has 10 heteroatoms. The third-order valence-electron chi connectivity index (χ3n) is 16.1. The van der Waals surface area contributed by atoms with Gasteiger partial charge in [-0.15, -0.1) is 0 Å². The van der Waals surface area contributed by atoms with Crippen LogP contribution in [0, 0.1) is 0 Å². The second-order valence-electron chi connectivity index (χ2n) is 25.9. The fourth-order valence-electron chi connectivity index (χ4n) is 10.5. The predicted molar refractivity (Wildman–Crippen MR) is 381 cm³/mol. The minimum Gasteiger partial charge on any atom is -0.462 e. The smallest absolute Gasteiger partial charge is 0.462 e. The lowest BCUT2D eigenvalue weighted by molar-refractivity contribution is -0.870. The second-order valence-corrected chi connectivity index (χ2v) is 27.4. The summed E-state index contributed by atoms with van der Waals surface area (Å²) in [6.07, 6.45) is 95.4. The first kappa shape index (κ1) is 84.9. The van der Waals surface area contributed by atoms with Crippen LogP contribution in [-0.4, -0.2) is 74.9 Å². The van der Waals surface area contributed by atoms with E-state index < -0.39 is 26.5 Å². The SMILES string of the molecule is CC/C=C\C/C=C\C/C=C\C/C=C\CCCCCCCCCCCCCCCCCCCCCCCCCCCCC(=O)OC(COC(=O)CCCCCCCCCCCCCC/C=C\C/C=C\C/C=C\C/C=C\CC)COP(=O)(O)OCC[N+](C)(C)C. The molecule has 0 aliphatic heterocycles. The third kappa shape index (κ3) is 72.0. The van der Waals surface area contributed by atoms with Crippen LogP contribution >= 0.6 is 7.82 Å². The van der Waals surface area contributed by atoms with Crippen LogP contribution in [0.4, 0.5) is 0 Å². The van der Waals surface area contributed by atoms with Crippen molar-refractivity contribution in [1.29, 1.82) is 0 Å². The number of hydrogen-bond acceptors (Lipinski definition) is 7. The lowest BCUT2D eigenvalue weighted by Gasteiger charge is -2.24. The summed E-state index contributed by atoms with van der Waals surface area (Å²) < 4.78 is 34.8. The number of phosphoric ester groups is 1. The number of carbonyl (C=O) groups is 2. The van der Waals surface area contributed by atoms with Crippen molar-refractivity contribution in [2.75, 3.05) is 47.5 Å². The Labute approximate surface area is 544 Å². The number of hydrogen-bond donors (Lipinski definition) is 1. The van der Waals surface area contributed by atoms with Crippen LogP contribution < -0.4 is 0 Å². The fourth-order valence-corrected chi connectivity index (χ4v) is 11.3. The second kappa shape index (κ2) is 68.3. The first-order valence-electron chi connectivity index (χ1n) is 37.0. The van der Waals surface area contributed by atoms with Crippen LogP contribution in [0.5, 0.6) is 0 Å². The summed E-state index contributed by atoms with van der Waals surface area (Å²) in [6.45, 7) is 4.25. The lowest BCUT2D eigenvalue weighted by atomic mass is 10.0. The number of allylic oxidation sites excluding steroid dienone is 16. The third-order valence-corrected chi connectivity index (χ3v) is 17.1. The van der Waals surface area contributed by atoms with Gasteiger partial charge in [-0.1, -0.05) is 329 Å². The molecule has 0 saturated heterocycles. The van der Waals surface area contributed by atoms with Crippen molar-refractivity contribution in [3.8, 4) is 0 Å². The first-order valence-corrected chi connectivity index (χ1v) is 38.5. The molecule has 9 nitrogen and oxygen atoms in total. The van der Waals surface area contributed by atoms with Crippen molar-refractivity contribution in [2.45, 2.75) is 341 Å². The topological polar surface area (TPSA) is 108 Å². The van der Waals surface area contributed by atoms with Crippen LogP contribution in [0.25, 0.3) is 0 Å². The van der Waals surface area contributed by atoms with Crippen LogP contribution in [0.2, 0.25) is 0 Å². The summed E-state index contributed by atoms with van der Waals surface area (Å²) in [6, 6.07) is 0. The van der Waals surface area contributed by atoms with E-state index in [0.29, 0.717) is 17.4 Å². The molecule has 0 saturated carbocycles. The van der Waals surface area contributed by atoms with E-state index >= 15 is 0 Å². The highest BCUT2D eigenvalue weighted by atomic mass is 31.2. The number of unbranched alkanes of at least 4 members (excludes halogenated alkanes) is 38. The van der Waals surface area contributed by atoms with Crippen molar-refractivity contribution >= 4 is 19.8 Å². The number of esters is 2.